The van der Waals surface area contributed by atoms with E-state index in [0.717, 1.165) is 12.8 Å². The summed E-state index contributed by atoms with van der Waals surface area (Å²) in [5.74, 6) is -0.120. The Morgan fingerprint density at radius 3 is 2.52 bits per heavy atom. The van der Waals surface area contributed by atoms with E-state index in [1.54, 1.807) is 36.3 Å². The van der Waals surface area contributed by atoms with E-state index in [0.29, 0.717) is 17.8 Å². The van der Waals surface area contributed by atoms with Crippen molar-refractivity contribution in [3.05, 3.63) is 84.8 Å². The summed E-state index contributed by atoms with van der Waals surface area (Å²) in [7, 11) is 1.71. The molecule has 0 fully saturated rings. The molecular weight excluding hydrogens is 312 g/mol. The monoisotopic (exact) mass is 338 g/mol. The van der Waals surface area contributed by atoms with Gasteiger partial charge in [-0.25, -0.2) is 0 Å². The standard InChI is InChI=1S/C21H26N2O2/c1-5-10-19(22-16-24)15-20(6-2)23(4)21(25)17(3)13-14-18-11-8-7-9-12-18/h5-12,15-17H,1-2,13-14H2,3-4H3,(H,22,24)/b19-10+,20-15+. The second kappa shape index (κ2) is 10.8. The van der Waals surface area contributed by atoms with E-state index in [1.807, 2.05) is 25.1 Å². The van der Waals surface area contributed by atoms with Gasteiger partial charge in [0.25, 0.3) is 0 Å². The predicted molar refractivity (Wildman–Crippen MR) is 102 cm³/mol. The molecule has 132 valence electrons. The highest BCUT2D eigenvalue weighted by molar-refractivity contribution is 5.80. The normalized spacial score (nSPS) is 12.9. The first-order valence-corrected chi connectivity index (χ1v) is 8.22. The highest BCUT2D eigenvalue weighted by Crippen LogP contribution is 2.16. The molecule has 0 aromatic heterocycles. The number of hydrogen-bond donors (Lipinski definition) is 1. The van der Waals surface area contributed by atoms with E-state index >= 15 is 0 Å². The van der Waals surface area contributed by atoms with Gasteiger partial charge in [0.05, 0.1) is 0 Å². The van der Waals surface area contributed by atoms with Crippen molar-refractivity contribution in [3.63, 3.8) is 0 Å². The maximum absolute atomic E-state index is 12.7. The van der Waals surface area contributed by atoms with E-state index in [2.05, 4.69) is 30.6 Å². The molecule has 1 unspecified atom stereocenters. The molecule has 1 rings (SSSR count). The van der Waals surface area contributed by atoms with E-state index in [1.165, 1.54) is 5.56 Å². The third-order valence-corrected chi connectivity index (χ3v) is 3.88. The maximum atomic E-state index is 12.7. The lowest BCUT2D eigenvalue weighted by Gasteiger charge is -2.23. The minimum Gasteiger partial charge on any atom is -0.329 e. The summed E-state index contributed by atoms with van der Waals surface area (Å²) in [5.41, 5.74) is 2.37. The number of nitrogens with one attached hydrogen (secondary N) is 1. The molecule has 0 aliphatic rings. The van der Waals surface area contributed by atoms with Crippen molar-refractivity contribution in [2.75, 3.05) is 7.05 Å². The van der Waals surface area contributed by atoms with Crippen LogP contribution in [-0.2, 0) is 16.0 Å². The van der Waals surface area contributed by atoms with Crippen molar-refractivity contribution in [1.29, 1.82) is 0 Å². The number of carbonyl (C=O) groups is 2. The van der Waals surface area contributed by atoms with Crippen LogP contribution in [0, 0.1) is 5.92 Å². The van der Waals surface area contributed by atoms with Crippen LogP contribution >= 0.6 is 0 Å². The van der Waals surface area contributed by atoms with Crippen LogP contribution in [0.5, 0.6) is 0 Å². The lowest BCUT2D eigenvalue weighted by molar-refractivity contribution is -0.131. The molecule has 1 atom stereocenters. The molecule has 4 nitrogen and oxygen atoms in total. The van der Waals surface area contributed by atoms with Gasteiger partial charge in [0.1, 0.15) is 0 Å². The number of amides is 2. The zero-order valence-corrected chi connectivity index (χ0v) is 14.9. The first-order valence-electron chi connectivity index (χ1n) is 8.22. The Morgan fingerprint density at radius 2 is 1.96 bits per heavy atom. The number of benzene rings is 1. The van der Waals surface area contributed by atoms with Crippen molar-refractivity contribution in [2.24, 2.45) is 5.92 Å². The third kappa shape index (κ3) is 6.63. The van der Waals surface area contributed by atoms with E-state index in [4.69, 9.17) is 0 Å². The van der Waals surface area contributed by atoms with Crippen LogP contribution in [0.25, 0.3) is 0 Å². The summed E-state index contributed by atoms with van der Waals surface area (Å²) in [6, 6.07) is 10.1. The Hall–Kier alpha value is -2.88. The number of aryl methyl sites for hydroxylation is 1. The SMILES string of the molecule is C=C/C=C(\C=C(/C=C)N(C)C(=O)C(C)CCc1ccccc1)NC=O. The molecule has 0 bridgehead atoms. The zero-order valence-electron chi connectivity index (χ0n) is 14.9. The van der Waals surface area contributed by atoms with Gasteiger partial charge in [0, 0.05) is 24.4 Å². The molecule has 0 saturated carbocycles. The molecule has 0 radical (unpaired) electrons. The summed E-state index contributed by atoms with van der Waals surface area (Å²) in [5, 5.41) is 2.57. The summed E-state index contributed by atoms with van der Waals surface area (Å²) < 4.78 is 0. The van der Waals surface area contributed by atoms with E-state index < -0.39 is 0 Å². The van der Waals surface area contributed by atoms with Gasteiger partial charge in [0.15, 0.2) is 0 Å². The van der Waals surface area contributed by atoms with Gasteiger partial charge in [-0.15, -0.1) is 0 Å². The number of likely N-dealkylation sites (N-methyl/N-ethyl adjacent to an activating group) is 1. The predicted octanol–water partition coefficient (Wildman–Crippen LogP) is 3.60. The maximum Gasteiger partial charge on any atom is 0.229 e. The zero-order chi connectivity index (χ0) is 18.7. The highest BCUT2D eigenvalue weighted by Gasteiger charge is 2.19. The molecule has 0 aliphatic carbocycles. The molecule has 0 saturated heterocycles. The summed E-state index contributed by atoms with van der Waals surface area (Å²) in [6.45, 7) is 9.29. The topological polar surface area (TPSA) is 49.4 Å². The third-order valence-electron chi connectivity index (χ3n) is 3.88. The smallest absolute Gasteiger partial charge is 0.229 e. The van der Waals surface area contributed by atoms with Gasteiger partial charge >= 0.3 is 0 Å². The molecule has 0 aliphatic heterocycles. The number of allylic oxidation sites excluding steroid dienone is 4. The number of rotatable bonds is 10. The van der Waals surface area contributed by atoms with Gasteiger partial charge in [-0.2, -0.15) is 0 Å². The van der Waals surface area contributed by atoms with E-state index in [-0.39, 0.29) is 11.8 Å². The minimum atomic E-state index is -0.126. The molecule has 1 N–H and O–H groups in total. The van der Waals surface area contributed by atoms with Gasteiger partial charge in [-0.05, 0) is 36.6 Å². The molecule has 4 heteroatoms. The first kappa shape index (κ1) is 20.2. The van der Waals surface area contributed by atoms with Crippen LogP contribution in [-0.4, -0.2) is 24.3 Å². The average Bonchev–Trinajstić information content (AvgIpc) is 2.64. The number of carbonyl (C=O) groups excluding carboxylic acids is 2. The molecule has 1 aromatic rings. The Morgan fingerprint density at radius 1 is 1.28 bits per heavy atom. The summed E-state index contributed by atoms with van der Waals surface area (Å²) >= 11 is 0. The molecule has 0 heterocycles. The fourth-order valence-corrected chi connectivity index (χ4v) is 2.39. The van der Waals surface area contributed by atoms with Crippen LogP contribution in [0.4, 0.5) is 0 Å². The summed E-state index contributed by atoms with van der Waals surface area (Å²) in [6.07, 6.45) is 8.68. The first-order chi connectivity index (χ1) is 12.0. The lowest BCUT2D eigenvalue weighted by Crippen LogP contribution is -2.31. The number of nitrogens with zero attached hydrogens (tertiary/aromatic N) is 1. The molecular formula is C21H26N2O2. The average molecular weight is 338 g/mol. The lowest BCUT2D eigenvalue weighted by atomic mass is 9.99. The Labute approximate surface area is 150 Å². The van der Waals surface area contributed by atoms with Crippen LogP contribution < -0.4 is 5.32 Å². The molecule has 0 spiro atoms. The van der Waals surface area contributed by atoms with Crippen molar-refractivity contribution < 1.29 is 9.59 Å². The Kier molecular flexibility index (Phi) is 8.72. The van der Waals surface area contributed by atoms with Crippen LogP contribution in [0.15, 0.2) is 79.2 Å². The van der Waals surface area contributed by atoms with Crippen LogP contribution in [0.2, 0.25) is 0 Å². The van der Waals surface area contributed by atoms with Crippen LogP contribution in [0.3, 0.4) is 0 Å². The van der Waals surface area contributed by atoms with Gasteiger partial charge in [-0.1, -0.05) is 56.5 Å². The van der Waals surface area contributed by atoms with Gasteiger partial charge in [-0.3, -0.25) is 9.59 Å². The van der Waals surface area contributed by atoms with Crippen molar-refractivity contribution in [2.45, 2.75) is 19.8 Å². The Balaban J connectivity index is 2.79. The second-order valence-electron chi connectivity index (χ2n) is 5.72. The molecule has 25 heavy (non-hydrogen) atoms. The Bertz CT molecular complexity index is 660. The van der Waals surface area contributed by atoms with Gasteiger partial charge < -0.3 is 10.2 Å². The fourth-order valence-electron chi connectivity index (χ4n) is 2.39. The quantitative estimate of drug-likeness (QED) is 0.523. The minimum absolute atomic E-state index is 0.00568. The number of hydrogen-bond acceptors (Lipinski definition) is 2. The second-order valence-corrected chi connectivity index (χ2v) is 5.72. The largest absolute Gasteiger partial charge is 0.329 e. The summed E-state index contributed by atoms with van der Waals surface area (Å²) in [4.78, 5) is 24.9. The fraction of sp³-hybridized carbons (Fsp3) is 0.238. The van der Waals surface area contributed by atoms with Crippen LogP contribution in [0.1, 0.15) is 18.9 Å². The van der Waals surface area contributed by atoms with Crippen molar-refractivity contribution in [3.8, 4) is 0 Å². The highest BCUT2D eigenvalue weighted by atomic mass is 16.2. The van der Waals surface area contributed by atoms with Crippen molar-refractivity contribution >= 4 is 12.3 Å². The van der Waals surface area contributed by atoms with Crippen molar-refractivity contribution in [1.82, 2.24) is 10.2 Å². The van der Waals surface area contributed by atoms with E-state index in [9.17, 15) is 9.59 Å². The van der Waals surface area contributed by atoms with Gasteiger partial charge in [0.2, 0.25) is 12.3 Å². The molecule has 2 amide bonds. The molecule has 1 aromatic carbocycles.